The number of benzene rings is 1. The summed E-state index contributed by atoms with van der Waals surface area (Å²) >= 11 is 0. The number of hydrogen-bond acceptors (Lipinski definition) is 4. The molecular formula is C20H35N3O3. The number of guanidine groups is 1. The first-order valence-electron chi connectivity index (χ1n) is 9.32. The Morgan fingerprint density at radius 2 is 1.77 bits per heavy atom. The molecule has 1 aromatic rings. The molecule has 0 amide bonds. The summed E-state index contributed by atoms with van der Waals surface area (Å²) < 4.78 is 16.4. The van der Waals surface area contributed by atoms with Crippen LogP contribution in [0, 0.1) is 5.92 Å². The minimum absolute atomic E-state index is 0.275. The highest BCUT2D eigenvalue weighted by Crippen LogP contribution is 2.27. The summed E-state index contributed by atoms with van der Waals surface area (Å²) in [5.74, 6) is 2.82. The summed E-state index contributed by atoms with van der Waals surface area (Å²) in [6.45, 7) is 8.79. The van der Waals surface area contributed by atoms with Gasteiger partial charge in [-0.1, -0.05) is 19.9 Å². The first kappa shape index (κ1) is 22.1. The second-order valence-electron chi connectivity index (χ2n) is 6.39. The molecule has 1 atom stereocenters. The van der Waals surface area contributed by atoms with Crippen LogP contribution in [-0.2, 0) is 11.2 Å². The maximum absolute atomic E-state index is 5.78. The summed E-state index contributed by atoms with van der Waals surface area (Å²) in [5, 5.41) is 6.70. The number of aliphatic imine (C=N–C) groups is 1. The van der Waals surface area contributed by atoms with Crippen LogP contribution in [0.5, 0.6) is 11.5 Å². The van der Waals surface area contributed by atoms with Gasteiger partial charge in [-0.25, -0.2) is 0 Å². The molecule has 0 aliphatic heterocycles. The molecule has 1 unspecified atom stereocenters. The van der Waals surface area contributed by atoms with E-state index in [4.69, 9.17) is 14.2 Å². The number of ether oxygens (including phenoxy) is 3. The van der Waals surface area contributed by atoms with E-state index in [2.05, 4.69) is 35.5 Å². The average molecular weight is 366 g/mol. The van der Waals surface area contributed by atoms with E-state index in [1.807, 2.05) is 19.1 Å². The SMILES string of the molecule is CCOC(CCNC(=NC)NCCc1ccc(OC)c(OC)c1)C(C)C. The normalized spacial score (nSPS) is 12.8. The smallest absolute Gasteiger partial charge is 0.190 e. The Morgan fingerprint density at radius 1 is 1.08 bits per heavy atom. The third-order valence-electron chi connectivity index (χ3n) is 4.22. The zero-order valence-corrected chi connectivity index (χ0v) is 17.1. The summed E-state index contributed by atoms with van der Waals surface area (Å²) in [7, 11) is 5.08. The number of nitrogens with one attached hydrogen (secondary N) is 2. The fraction of sp³-hybridized carbons (Fsp3) is 0.650. The molecule has 0 fully saturated rings. The van der Waals surface area contributed by atoms with Crippen molar-refractivity contribution in [3.8, 4) is 11.5 Å². The van der Waals surface area contributed by atoms with Gasteiger partial charge in [-0.3, -0.25) is 4.99 Å². The largest absolute Gasteiger partial charge is 0.493 e. The minimum Gasteiger partial charge on any atom is -0.493 e. The molecule has 6 nitrogen and oxygen atoms in total. The molecule has 0 saturated carbocycles. The molecule has 1 rings (SSSR count). The zero-order valence-electron chi connectivity index (χ0n) is 17.1. The highest BCUT2D eigenvalue weighted by atomic mass is 16.5. The Kier molecular flexibility index (Phi) is 10.5. The van der Waals surface area contributed by atoms with Crippen molar-refractivity contribution in [3.63, 3.8) is 0 Å². The second-order valence-corrected chi connectivity index (χ2v) is 6.39. The van der Waals surface area contributed by atoms with Crippen LogP contribution in [0.2, 0.25) is 0 Å². The Labute approximate surface area is 158 Å². The molecule has 0 heterocycles. The molecular weight excluding hydrogens is 330 g/mol. The third-order valence-corrected chi connectivity index (χ3v) is 4.22. The van der Waals surface area contributed by atoms with Crippen LogP contribution >= 0.6 is 0 Å². The first-order valence-corrected chi connectivity index (χ1v) is 9.32. The molecule has 0 aromatic heterocycles. The van der Waals surface area contributed by atoms with Gasteiger partial charge in [-0.15, -0.1) is 0 Å². The molecule has 0 bridgehead atoms. The lowest BCUT2D eigenvalue weighted by Gasteiger charge is -2.21. The van der Waals surface area contributed by atoms with Crippen molar-refractivity contribution in [3.05, 3.63) is 23.8 Å². The highest BCUT2D eigenvalue weighted by Gasteiger charge is 2.13. The van der Waals surface area contributed by atoms with Crippen LogP contribution in [0.3, 0.4) is 0 Å². The van der Waals surface area contributed by atoms with Crippen LogP contribution in [0.4, 0.5) is 0 Å². The summed E-state index contributed by atoms with van der Waals surface area (Å²) in [5.41, 5.74) is 1.18. The fourth-order valence-electron chi connectivity index (χ4n) is 2.74. The predicted molar refractivity (Wildman–Crippen MR) is 107 cm³/mol. The summed E-state index contributed by atoms with van der Waals surface area (Å²) in [4.78, 5) is 4.28. The van der Waals surface area contributed by atoms with Crippen molar-refractivity contribution in [1.82, 2.24) is 10.6 Å². The zero-order chi connectivity index (χ0) is 19.4. The Bertz CT molecular complexity index is 547. The maximum atomic E-state index is 5.78. The maximum Gasteiger partial charge on any atom is 0.190 e. The van der Waals surface area contributed by atoms with Crippen molar-refractivity contribution in [2.45, 2.75) is 39.7 Å². The standard InChI is InChI=1S/C20H35N3O3/c1-7-26-17(15(2)3)11-13-23-20(21-4)22-12-10-16-8-9-18(24-5)19(14-16)25-6/h8-9,14-15,17H,7,10-13H2,1-6H3,(H2,21,22,23). The van der Waals surface area contributed by atoms with Gasteiger partial charge in [0.1, 0.15) is 0 Å². The molecule has 6 heteroatoms. The van der Waals surface area contributed by atoms with Crippen LogP contribution in [-0.4, -0.2) is 53.0 Å². The number of nitrogens with zero attached hydrogens (tertiary/aromatic N) is 1. The van der Waals surface area contributed by atoms with Crippen molar-refractivity contribution in [2.24, 2.45) is 10.9 Å². The van der Waals surface area contributed by atoms with E-state index in [1.54, 1.807) is 21.3 Å². The Morgan fingerprint density at radius 3 is 2.35 bits per heavy atom. The Balaban J connectivity index is 2.40. The van der Waals surface area contributed by atoms with Crippen molar-refractivity contribution in [2.75, 3.05) is 41.0 Å². The molecule has 0 saturated heterocycles. The van der Waals surface area contributed by atoms with Crippen molar-refractivity contribution in [1.29, 1.82) is 0 Å². The topological polar surface area (TPSA) is 64.1 Å². The summed E-state index contributed by atoms with van der Waals surface area (Å²) in [6.07, 6.45) is 2.11. The van der Waals surface area contributed by atoms with E-state index in [0.29, 0.717) is 5.92 Å². The molecule has 1 aromatic carbocycles. The fourth-order valence-corrected chi connectivity index (χ4v) is 2.74. The predicted octanol–water partition coefficient (Wildman–Crippen LogP) is 2.86. The summed E-state index contributed by atoms with van der Waals surface area (Å²) in [6, 6.07) is 5.99. The van der Waals surface area contributed by atoms with Gasteiger partial charge in [0.15, 0.2) is 17.5 Å². The minimum atomic E-state index is 0.275. The van der Waals surface area contributed by atoms with E-state index >= 15 is 0 Å². The first-order chi connectivity index (χ1) is 12.5. The number of hydrogen-bond donors (Lipinski definition) is 2. The average Bonchev–Trinajstić information content (AvgIpc) is 2.65. The lowest BCUT2D eigenvalue weighted by molar-refractivity contribution is 0.0258. The van der Waals surface area contributed by atoms with Crippen LogP contribution in [0.15, 0.2) is 23.2 Å². The van der Waals surface area contributed by atoms with E-state index in [1.165, 1.54) is 5.56 Å². The molecule has 0 aliphatic rings. The van der Waals surface area contributed by atoms with Crippen molar-refractivity contribution >= 4 is 5.96 Å². The van der Waals surface area contributed by atoms with Gasteiger partial charge in [0.05, 0.1) is 20.3 Å². The van der Waals surface area contributed by atoms with E-state index in [-0.39, 0.29) is 6.10 Å². The number of rotatable bonds is 11. The van der Waals surface area contributed by atoms with Crippen LogP contribution in [0.1, 0.15) is 32.8 Å². The van der Waals surface area contributed by atoms with Gasteiger partial charge in [0.25, 0.3) is 0 Å². The molecule has 26 heavy (non-hydrogen) atoms. The Hall–Kier alpha value is -1.95. The van der Waals surface area contributed by atoms with Gasteiger partial charge < -0.3 is 24.8 Å². The highest BCUT2D eigenvalue weighted by molar-refractivity contribution is 5.79. The molecule has 2 N–H and O–H groups in total. The van der Waals surface area contributed by atoms with Gasteiger partial charge in [-0.05, 0) is 43.4 Å². The molecule has 148 valence electrons. The van der Waals surface area contributed by atoms with E-state index < -0.39 is 0 Å². The molecule has 0 radical (unpaired) electrons. The lowest BCUT2D eigenvalue weighted by Crippen LogP contribution is -2.40. The third kappa shape index (κ3) is 7.52. The quantitative estimate of drug-likeness (QED) is 0.466. The number of methoxy groups -OCH3 is 2. The van der Waals surface area contributed by atoms with Gasteiger partial charge in [-0.2, -0.15) is 0 Å². The second kappa shape index (κ2) is 12.4. The van der Waals surface area contributed by atoms with Gasteiger partial charge in [0, 0.05) is 26.7 Å². The monoisotopic (exact) mass is 365 g/mol. The van der Waals surface area contributed by atoms with Crippen molar-refractivity contribution < 1.29 is 14.2 Å². The van der Waals surface area contributed by atoms with Crippen LogP contribution < -0.4 is 20.1 Å². The lowest BCUT2D eigenvalue weighted by atomic mass is 10.0. The van der Waals surface area contributed by atoms with Gasteiger partial charge >= 0.3 is 0 Å². The van der Waals surface area contributed by atoms with Gasteiger partial charge in [0.2, 0.25) is 0 Å². The van der Waals surface area contributed by atoms with E-state index in [9.17, 15) is 0 Å². The van der Waals surface area contributed by atoms with Crippen LogP contribution in [0.25, 0.3) is 0 Å². The molecule has 0 aliphatic carbocycles. The van der Waals surface area contributed by atoms with E-state index in [0.717, 1.165) is 50.0 Å². The molecule has 0 spiro atoms.